The van der Waals surface area contributed by atoms with E-state index in [0.29, 0.717) is 5.56 Å². The zero-order valence-electron chi connectivity index (χ0n) is 10.2. The lowest BCUT2D eigenvalue weighted by molar-refractivity contribution is -0.385. The molecule has 1 aromatic carbocycles. The smallest absolute Gasteiger partial charge is 0.269 e. The summed E-state index contributed by atoms with van der Waals surface area (Å²) in [6.45, 7) is 1.93. The zero-order chi connectivity index (χ0) is 13.9. The summed E-state index contributed by atoms with van der Waals surface area (Å²) in [5.74, 6) is 0. The van der Waals surface area contributed by atoms with Gasteiger partial charge >= 0.3 is 0 Å². The largest absolute Gasteiger partial charge is 0.329 e. The summed E-state index contributed by atoms with van der Waals surface area (Å²) < 4.78 is 25.4. The van der Waals surface area contributed by atoms with Crippen molar-refractivity contribution in [1.82, 2.24) is 4.31 Å². The minimum atomic E-state index is -3.64. The zero-order valence-corrected chi connectivity index (χ0v) is 11.0. The predicted molar refractivity (Wildman–Crippen MR) is 66.7 cm³/mol. The molecule has 0 atom stereocenters. The first-order valence-corrected chi connectivity index (χ1v) is 6.66. The first-order valence-electron chi connectivity index (χ1n) is 5.22. The lowest BCUT2D eigenvalue weighted by Gasteiger charge is -2.17. The van der Waals surface area contributed by atoms with E-state index in [-0.39, 0.29) is 23.7 Å². The number of nitrogens with zero attached hydrogens (tertiary/aromatic N) is 2. The number of nitrogens with two attached hydrogens (primary N) is 1. The molecule has 0 aliphatic carbocycles. The minimum absolute atomic E-state index is 0.0593. The Morgan fingerprint density at radius 3 is 2.50 bits per heavy atom. The molecule has 2 N–H and O–H groups in total. The molecule has 0 heterocycles. The molecule has 0 amide bonds. The molecule has 0 saturated carbocycles. The van der Waals surface area contributed by atoms with Crippen molar-refractivity contribution in [2.45, 2.75) is 11.8 Å². The molecule has 0 aromatic heterocycles. The number of nitro groups is 1. The first kappa shape index (κ1) is 14.6. The SMILES string of the molecule is Cc1cc([N+](=O)[O-])ccc1S(=O)(=O)N(C)CCN. The van der Waals surface area contributed by atoms with Crippen LogP contribution in [-0.2, 0) is 10.0 Å². The van der Waals surface area contributed by atoms with Gasteiger partial charge in [0.05, 0.1) is 9.82 Å². The maximum atomic E-state index is 12.1. The molecule has 0 saturated heterocycles. The minimum Gasteiger partial charge on any atom is -0.329 e. The van der Waals surface area contributed by atoms with E-state index in [4.69, 9.17) is 5.73 Å². The summed E-state index contributed by atoms with van der Waals surface area (Å²) in [6.07, 6.45) is 0. The predicted octanol–water partition coefficient (Wildman–Crippen LogP) is 0.482. The summed E-state index contributed by atoms with van der Waals surface area (Å²) in [5.41, 5.74) is 5.52. The molecule has 1 aromatic rings. The van der Waals surface area contributed by atoms with Crippen LogP contribution in [0.1, 0.15) is 5.56 Å². The van der Waals surface area contributed by atoms with Gasteiger partial charge in [0.15, 0.2) is 0 Å². The van der Waals surface area contributed by atoms with E-state index in [2.05, 4.69) is 0 Å². The van der Waals surface area contributed by atoms with Gasteiger partial charge in [-0.15, -0.1) is 0 Å². The van der Waals surface area contributed by atoms with E-state index in [1.807, 2.05) is 0 Å². The first-order chi connectivity index (χ1) is 8.30. The maximum Gasteiger partial charge on any atom is 0.269 e. The Morgan fingerprint density at radius 2 is 2.06 bits per heavy atom. The van der Waals surface area contributed by atoms with Crippen molar-refractivity contribution in [3.8, 4) is 0 Å². The van der Waals surface area contributed by atoms with Crippen molar-refractivity contribution in [1.29, 1.82) is 0 Å². The molecule has 0 fully saturated rings. The molecule has 18 heavy (non-hydrogen) atoms. The molecule has 0 spiro atoms. The molecule has 1 rings (SSSR count). The Hall–Kier alpha value is -1.51. The van der Waals surface area contributed by atoms with Gasteiger partial charge in [-0.1, -0.05) is 0 Å². The topological polar surface area (TPSA) is 107 Å². The number of hydrogen-bond acceptors (Lipinski definition) is 5. The van der Waals surface area contributed by atoms with Crippen molar-refractivity contribution < 1.29 is 13.3 Å². The highest BCUT2D eigenvalue weighted by atomic mass is 32.2. The molecule has 7 nitrogen and oxygen atoms in total. The number of aryl methyl sites for hydroxylation is 1. The third kappa shape index (κ3) is 2.84. The Kier molecular flexibility index (Phi) is 4.38. The van der Waals surface area contributed by atoms with Crippen LogP contribution < -0.4 is 5.73 Å². The van der Waals surface area contributed by atoms with Crippen LogP contribution in [0.25, 0.3) is 0 Å². The average molecular weight is 273 g/mol. The van der Waals surface area contributed by atoms with E-state index >= 15 is 0 Å². The van der Waals surface area contributed by atoms with Gasteiger partial charge in [0.25, 0.3) is 5.69 Å². The average Bonchev–Trinajstić information content (AvgIpc) is 2.28. The highest BCUT2D eigenvalue weighted by Crippen LogP contribution is 2.23. The second-order valence-electron chi connectivity index (χ2n) is 3.82. The number of rotatable bonds is 5. The monoisotopic (exact) mass is 273 g/mol. The van der Waals surface area contributed by atoms with Crippen molar-refractivity contribution in [2.75, 3.05) is 20.1 Å². The molecule has 0 aliphatic heterocycles. The van der Waals surface area contributed by atoms with Crippen LogP contribution in [0.2, 0.25) is 0 Å². The lowest BCUT2D eigenvalue weighted by Crippen LogP contribution is -2.32. The van der Waals surface area contributed by atoms with Crippen LogP contribution in [0.5, 0.6) is 0 Å². The van der Waals surface area contributed by atoms with Crippen molar-refractivity contribution in [3.63, 3.8) is 0 Å². The highest BCUT2D eigenvalue weighted by Gasteiger charge is 2.23. The number of likely N-dealkylation sites (N-methyl/N-ethyl adjacent to an activating group) is 1. The molecule has 100 valence electrons. The summed E-state index contributed by atoms with van der Waals surface area (Å²) >= 11 is 0. The number of benzene rings is 1. The fraction of sp³-hybridized carbons (Fsp3) is 0.400. The van der Waals surface area contributed by atoms with Crippen LogP contribution in [-0.4, -0.2) is 37.8 Å². The van der Waals surface area contributed by atoms with Gasteiger partial charge < -0.3 is 5.73 Å². The van der Waals surface area contributed by atoms with Crippen LogP contribution in [0.3, 0.4) is 0 Å². The van der Waals surface area contributed by atoms with Crippen molar-refractivity contribution in [2.24, 2.45) is 5.73 Å². The van der Waals surface area contributed by atoms with Crippen molar-refractivity contribution >= 4 is 15.7 Å². The van der Waals surface area contributed by atoms with Crippen LogP contribution in [0.15, 0.2) is 23.1 Å². The van der Waals surface area contributed by atoms with Crippen LogP contribution >= 0.6 is 0 Å². The van der Waals surface area contributed by atoms with E-state index in [9.17, 15) is 18.5 Å². The molecule has 0 radical (unpaired) electrons. The third-order valence-electron chi connectivity index (χ3n) is 2.50. The number of hydrogen-bond donors (Lipinski definition) is 1. The van der Waals surface area contributed by atoms with E-state index in [1.54, 1.807) is 0 Å². The summed E-state index contributed by atoms with van der Waals surface area (Å²) in [4.78, 5) is 10.1. The van der Waals surface area contributed by atoms with Gasteiger partial charge in [-0.25, -0.2) is 8.42 Å². The number of sulfonamides is 1. The fourth-order valence-electron chi connectivity index (χ4n) is 1.51. The van der Waals surface area contributed by atoms with Crippen LogP contribution in [0, 0.1) is 17.0 Å². The number of non-ortho nitro benzene ring substituents is 1. The van der Waals surface area contributed by atoms with Gasteiger partial charge in [-0.05, 0) is 18.6 Å². The second kappa shape index (κ2) is 5.42. The summed E-state index contributed by atoms with van der Waals surface area (Å²) in [5, 5.41) is 10.6. The maximum absolute atomic E-state index is 12.1. The van der Waals surface area contributed by atoms with E-state index in [0.717, 1.165) is 4.31 Å². The van der Waals surface area contributed by atoms with Crippen LogP contribution in [0.4, 0.5) is 5.69 Å². The Bertz CT molecular complexity index is 556. The molecule has 0 unspecified atom stereocenters. The van der Waals surface area contributed by atoms with Crippen molar-refractivity contribution in [3.05, 3.63) is 33.9 Å². The Balaban J connectivity index is 3.22. The van der Waals surface area contributed by atoms with E-state index in [1.165, 1.54) is 32.2 Å². The van der Waals surface area contributed by atoms with E-state index < -0.39 is 14.9 Å². The highest BCUT2D eigenvalue weighted by molar-refractivity contribution is 7.89. The normalized spacial score (nSPS) is 11.8. The number of nitro benzene ring substituents is 1. The molecular formula is C10H15N3O4S. The lowest BCUT2D eigenvalue weighted by atomic mass is 10.2. The Labute approximate surface area is 105 Å². The molecule has 0 aliphatic rings. The van der Waals surface area contributed by atoms with Gasteiger partial charge in [-0.3, -0.25) is 10.1 Å². The standard InChI is InChI=1S/C10H15N3O4S/c1-8-7-9(13(14)15)3-4-10(8)18(16,17)12(2)6-5-11/h3-4,7H,5-6,11H2,1-2H3. The third-order valence-corrected chi connectivity index (χ3v) is 4.52. The second-order valence-corrected chi connectivity index (χ2v) is 5.84. The fourth-order valence-corrected chi connectivity index (χ4v) is 2.89. The van der Waals surface area contributed by atoms with Gasteiger partial charge in [0, 0.05) is 32.3 Å². The molecule has 0 bridgehead atoms. The molecular weight excluding hydrogens is 258 g/mol. The van der Waals surface area contributed by atoms with Gasteiger partial charge in [0.1, 0.15) is 0 Å². The van der Waals surface area contributed by atoms with Gasteiger partial charge in [-0.2, -0.15) is 4.31 Å². The Morgan fingerprint density at radius 1 is 1.44 bits per heavy atom. The summed E-state index contributed by atoms with van der Waals surface area (Å²) in [7, 11) is -2.22. The quantitative estimate of drug-likeness (QED) is 0.620. The molecule has 8 heteroatoms. The summed E-state index contributed by atoms with van der Waals surface area (Å²) in [6, 6.07) is 3.66. The van der Waals surface area contributed by atoms with Gasteiger partial charge in [0.2, 0.25) is 10.0 Å².